The summed E-state index contributed by atoms with van der Waals surface area (Å²) in [5.41, 5.74) is 4.38. The molecule has 0 fully saturated rings. The fraction of sp³-hybridized carbons (Fsp3) is 0.208. The van der Waals surface area contributed by atoms with Crippen LogP contribution in [0.3, 0.4) is 0 Å². The molecule has 0 bridgehead atoms. The van der Waals surface area contributed by atoms with Gasteiger partial charge in [0.2, 0.25) is 0 Å². The predicted molar refractivity (Wildman–Crippen MR) is 116 cm³/mol. The molecule has 146 valence electrons. The third-order valence-corrected chi connectivity index (χ3v) is 5.86. The smallest absolute Gasteiger partial charge is 0.173 e. The van der Waals surface area contributed by atoms with Gasteiger partial charge in [-0.05, 0) is 26.3 Å². The maximum Gasteiger partial charge on any atom is 0.173 e. The lowest BCUT2D eigenvalue weighted by atomic mass is 9.80. The molecular formula is C24H22N2O2S. The van der Waals surface area contributed by atoms with Crippen molar-refractivity contribution in [1.29, 1.82) is 5.26 Å². The number of aryl methyl sites for hydroxylation is 1. The second-order valence-corrected chi connectivity index (χ2v) is 7.99. The number of dihydropyridines is 1. The van der Waals surface area contributed by atoms with E-state index in [1.807, 2.05) is 56.3 Å². The van der Waals surface area contributed by atoms with E-state index in [0.29, 0.717) is 21.7 Å². The van der Waals surface area contributed by atoms with Crippen molar-refractivity contribution < 1.29 is 9.59 Å². The third kappa shape index (κ3) is 4.49. The Bertz CT molecular complexity index is 1060. The van der Waals surface area contributed by atoms with Crippen molar-refractivity contribution in [3.05, 3.63) is 93.2 Å². The normalized spacial score (nSPS) is 16.3. The van der Waals surface area contributed by atoms with Gasteiger partial charge in [-0.15, -0.1) is 0 Å². The molecule has 0 aromatic heterocycles. The lowest BCUT2D eigenvalue weighted by Gasteiger charge is -2.29. The molecule has 2 aromatic rings. The number of hydrogen-bond donors (Lipinski definition) is 1. The van der Waals surface area contributed by atoms with Gasteiger partial charge in [0.1, 0.15) is 0 Å². The fourth-order valence-electron chi connectivity index (χ4n) is 3.52. The Morgan fingerprint density at radius 3 is 2.45 bits per heavy atom. The summed E-state index contributed by atoms with van der Waals surface area (Å²) in [6, 6.07) is 19.2. The molecular weight excluding hydrogens is 380 g/mol. The van der Waals surface area contributed by atoms with E-state index < -0.39 is 5.92 Å². The van der Waals surface area contributed by atoms with E-state index in [0.717, 1.165) is 16.8 Å². The molecule has 3 rings (SSSR count). The van der Waals surface area contributed by atoms with Crippen molar-refractivity contribution in [2.24, 2.45) is 0 Å². The number of hydrogen-bond acceptors (Lipinski definition) is 5. The van der Waals surface area contributed by atoms with Gasteiger partial charge in [0, 0.05) is 16.8 Å². The standard InChI is InChI=1S/C24H22N2O2S/c1-15-8-7-11-19(12-15)23-20(13-25)24(26-16(2)22(23)17(3)27)29-14-21(28)18-9-5-4-6-10-18/h4-12,23,26H,14H2,1-3H3/t23-/m1/s1. The molecule has 0 saturated carbocycles. The summed E-state index contributed by atoms with van der Waals surface area (Å²) < 4.78 is 0. The number of ketones is 2. The van der Waals surface area contributed by atoms with Gasteiger partial charge in [0.15, 0.2) is 11.6 Å². The molecule has 5 heteroatoms. The highest BCUT2D eigenvalue weighted by Crippen LogP contribution is 2.41. The van der Waals surface area contributed by atoms with E-state index in [1.54, 1.807) is 12.1 Å². The molecule has 0 saturated heterocycles. The Hall–Kier alpha value is -3.10. The van der Waals surface area contributed by atoms with Gasteiger partial charge in [-0.25, -0.2) is 0 Å². The third-order valence-electron chi connectivity index (χ3n) is 4.85. The molecule has 1 heterocycles. The number of allylic oxidation sites excluding steroid dienone is 3. The van der Waals surface area contributed by atoms with E-state index in [2.05, 4.69) is 11.4 Å². The molecule has 4 nitrogen and oxygen atoms in total. The summed E-state index contributed by atoms with van der Waals surface area (Å²) in [7, 11) is 0. The molecule has 29 heavy (non-hydrogen) atoms. The minimum Gasteiger partial charge on any atom is -0.353 e. The minimum absolute atomic E-state index is 0.00621. The van der Waals surface area contributed by atoms with Crippen molar-refractivity contribution >= 4 is 23.3 Å². The monoisotopic (exact) mass is 402 g/mol. The maximum absolute atomic E-state index is 12.5. The van der Waals surface area contributed by atoms with Crippen LogP contribution in [0, 0.1) is 18.3 Å². The van der Waals surface area contributed by atoms with Gasteiger partial charge in [0.05, 0.1) is 28.3 Å². The zero-order chi connectivity index (χ0) is 21.0. The number of nitrogens with one attached hydrogen (secondary N) is 1. The number of rotatable bonds is 6. The van der Waals surface area contributed by atoms with Gasteiger partial charge in [-0.2, -0.15) is 5.26 Å². The molecule has 0 radical (unpaired) electrons. The molecule has 0 unspecified atom stereocenters. The van der Waals surface area contributed by atoms with Gasteiger partial charge >= 0.3 is 0 Å². The average molecular weight is 403 g/mol. The summed E-state index contributed by atoms with van der Waals surface area (Å²) in [5.74, 6) is -0.305. The van der Waals surface area contributed by atoms with Crippen LogP contribution in [0.4, 0.5) is 0 Å². The number of Topliss-reactive ketones (excluding diaryl/α,β-unsaturated/α-hetero) is 2. The van der Waals surface area contributed by atoms with Gasteiger partial charge in [-0.1, -0.05) is 71.9 Å². The topological polar surface area (TPSA) is 70.0 Å². The predicted octanol–water partition coefficient (Wildman–Crippen LogP) is 4.90. The van der Waals surface area contributed by atoms with Crippen molar-refractivity contribution in [3.63, 3.8) is 0 Å². The number of benzene rings is 2. The molecule has 0 spiro atoms. The van der Waals surface area contributed by atoms with Gasteiger partial charge in [-0.3, -0.25) is 9.59 Å². The molecule has 0 amide bonds. The summed E-state index contributed by atoms with van der Waals surface area (Å²) in [6.45, 7) is 5.35. The number of carbonyl (C=O) groups excluding carboxylic acids is 2. The summed E-state index contributed by atoms with van der Waals surface area (Å²) >= 11 is 1.30. The quantitative estimate of drug-likeness (QED) is 0.696. The zero-order valence-electron chi connectivity index (χ0n) is 16.7. The molecule has 0 aliphatic carbocycles. The van der Waals surface area contributed by atoms with E-state index >= 15 is 0 Å². The molecule has 2 aromatic carbocycles. The van der Waals surface area contributed by atoms with Crippen molar-refractivity contribution in [2.45, 2.75) is 26.7 Å². The van der Waals surface area contributed by atoms with Crippen LogP contribution in [0.15, 0.2) is 76.5 Å². The first kappa shape index (κ1) is 20.6. The Labute approximate surface area is 175 Å². The molecule has 1 N–H and O–H groups in total. The SMILES string of the molecule is CC(=O)C1=C(C)NC(SCC(=O)c2ccccc2)=C(C#N)[C@H]1c1cccc(C)c1. The Morgan fingerprint density at radius 2 is 1.83 bits per heavy atom. The highest BCUT2D eigenvalue weighted by molar-refractivity contribution is 8.03. The lowest BCUT2D eigenvalue weighted by molar-refractivity contribution is -0.113. The van der Waals surface area contributed by atoms with Gasteiger partial charge < -0.3 is 5.32 Å². The highest BCUT2D eigenvalue weighted by atomic mass is 32.2. The highest BCUT2D eigenvalue weighted by Gasteiger charge is 2.33. The number of carbonyl (C=O) groups is 2. The molecule has 1 aliphatic rings. The first-order valence-corrected chi connectivity index (χ1v) is 10.3. The largest absolute Gasteiger partial charge is 0.353 e. The fourth-order valence-corrected chi connectivity index (χ4v) is 4.51. The molecule has 1 aliphatic heterocycles. The Morgan fingerprint density at radius 1 is 1.10 bits per heavy atom. The molecule has 1 atom stereocenters. The number of thioether (sulfide) groups is 1. The van der Waals surface area contributed by atoms with E-state index in [1.165, 1.54) is 18.7 Å². The van der Waals surface area contributed by atoms with E-state index in [4.69, 9.17) is 0 Å². The van der Waals surface area contributed by atoms with Crippen LogP contribution < -0.4 is 5.32 Å². The first-order chi connectivity index (χ1) is 13.9. The zero-order valence-corrected chi connectivity index (χ0v) is 17.5. The second-order valence-electron chi connectivity index (χ2n) is 7.00. The lowest BCUT2D eigenvalue weighted by Crippen LogP contribution is -2.27. The van der Waals surface area contributed by atoms with Crippen molar-refractivity contribution in [3.8, 4) is 6.07 Å². The van der Waals surface area contributed by atoms with E-state index in [9.17, 15) is 14.9 Å². The number of nitrogens with zero attached hydrogens (tertiary/aromatic N) is 1. The average Bonchev–Trinajstić information content (AvgIpc) is 2.71. The van der Waals surface area contributed by atoms with Crippen LogP contribution in [0.1, 0.15) is 41.3 Å². The van der Waals surface area contributed by atoms with Crippen LogP contribution in [0.2, 0.25) is 0 Å². The Balaban J connectivity index is 1.98. The first-order valence-electron chi connectivity index (χ1n) is 9.33. The maximum atomic E-state index is 12.5. The number of nitriles is 1. The van der Waals surface area contributed by atoms with Crippen LogP contribution in [-0.4, -0.2) is 17.3 Å². The summed E-state index contributed by atoms with van der Waals surface area (Å²) in [6.07, 6.45) is 0. The van der Waals surface area contributed by atoms with Crippen LogP contribution in [-0.2, 0) is 4.79 Å². The summed E-state index contributed by atoms with van der Waals surface area (Å²) in [4.78, 5) is 24.9. The second kappa shape index (κ2) is 8.93. The van der Waals surface area contributed by atoms with Crippen molar-refractivity contribution in [1.82, 2.24) is 5.32 Å². The van der Waals surface area contributed by atoms with Gasteiger partial charge in [0.25, 0.3) is 0 Å². The van der Waals surface area contributed by atoms with Crippen LogP contribution >= 0.6 is 11.8 Å². The van der Waals surface area contributed by atoms with Crippen LogP contribution in [0.25, 0.3) is 0 Å². The summed E-state index contributed by atoms with van der Waals surface area (Å²) in [5, 5.41) is 13.8. The minimum atomic E-state index is -0.437. The van der Waals surface area contributed by atoms with E-state index in [-0.39, 0.29) is 17.3 Å². The van der Waals surface area contributed by atoms with Crippen LogP contribution in [0.5, 0.6) is 0 Å². The van der Waals surface area contributed by atoms with Crippen molar-refractivity contribution in [2.75, 3.05) is 5.75 Å². The Kier molecular flexibility index (Phi) is 6.36.